The maximum Gasteiger partial charge on any atom is 0.251 e. The minimum atomic E-state index is -0.784. The van der Waals surface area contributed by atoms with Crippen LogP contribution in [-0.2, 0) is 25.9 Å². The van der Waals surface area contributed by atoms with Gasteiger partial charge in [0, 0.05) is 32.4 Å². The molecule has 1 saturated carbocycles. The van der Waals surface area contributed by atoms with E-state index in [1.807, 2.05) is 54.6 Å². The molecule has 0 heterocycles. The topological polar surface area (TPSA) is 46.2 Å². The Hall–Kier alpha value is -1.86. The predicted molar refractivity (Wildman–Crippen MR) is 95.5 cm³/mol. The smallest absolute Gasteiger partial charge is 0.251 e. The number of Topliss-reactive ketones (excluding diaryl/α,β-unsaturated/α-hetero) is 1. The molecule has 3 nitrogen and oxygen atoms in total. The fraction of sp³-hybridized carbons (Fsp3) is 0.286. The molecule has 1 aliphatic carbocycles. The van der Waals surface area contributed by atoms with Gasteiger partial charge in [-0.1, -0.05) is 61.7 Å². The molecule has 3 rings (SSSR count). The van der Waals surface area contributed by atoms with Crippen LogP contribution in [0.1, 0.15) is 42.5 Å². The van der Waals surface area contributed by atoms with E-state index < -0.39 is 5.54 Å². The number of amides is 1. The Morgan fingerprint density at radius 2 is 1.40 bits per heavy atom. The molecule has 2 aromatic rings. The van der Waals surface area contributed by atoms with Gasteiger partial charge in [0.15, 0.2) is 0 Å². The number of rotatable bonds is 4. The molecule has 0 atom stereocenters. The Morgan fingerprint density at radius 3 is 1.96 bits per heavy atom. The number of carbonyl (C=O) groups excluding carboxylic acids is 2. The summed E-state index contributed by atoms with van der Waals surface area (Å²) in [6, 6.07) is 17.5. The van der Waals surface area contributed by atoms with E-state index in [0.29, 0.717) is 18.4 Å². The van der Waals surface area contributed by atoms with Crippen LogP contribution in [0.5, 0.6) is 0 Å². The minimum Gasteiger partial charge on any atom is -0.342 e. The first-order chi connectivity index (χ1) is 11.6. The number of benzene rings is 2. The first-order valence-electron chi connectivity index (χ1n) is 8.45. The van der Waals surface area contributed by atoms with E-state index >= 15 is 0 Å². The summed E-state index contributed by atoms with van der Waals surface area (Å²) in [5.41, 5.74) is 1.96. The van der Waals surface area contributed by atoms with Gasteiger partial charge < -0.3 is 17.0 Å². The van der Waals surface area contributed by atoms with E-state index in [1.165, 1.54) is 0 Å². The standard InChI is InChI=1S/C21H22NO2.W/c1-16(23)21(14-6-3-7-15-21)22-20(24)19-12-10-18(11-13-19)17-8-4-2-5-9-17;/h2,4-5,8-13H,1,3,6-7,14-15H2,(H,22,24);/q-1;. The van der Waals surface area contributed by atoms with Gasteiger partial charge in [0.25, 0.3) is 5.91 Å². The Morgan fingerprint density at radius 1 is 0.840 bits per heavy atom. The molecule has 0 aliphatic heterocycles. The second kappa shape index (κ2) is 8.49. The number of ketones is 1. The molecular formula is C21H22NO2W-. The van der Waals surface area contributed by atoms with E-state index in [1.54, 1.807) is 0 Å². The quantitative estimate of drug-likeness (QED) is 0.636. The van der Waals surface area contributed by atoms with Crippen LogP contribution >= 0.6 is 0 Å². The summed E-state index contributed by atoms with van der Waals surface area (Å²) in [7, 11) is 0. The van der Waals surface area contributed by atoms with Crippen molar-refractivity contribution >= 4 is 11.7 Å². The van der Waals surface area contributed by atoms with Crippen LogP contribution in [0.15, 0.2) is 54.6 Å². The summed E-state index contributed by atoms with van der Waals surface area (Å²) in [4.78, 5) is 24.6. The molecule has 0 radical (unpaired) electrons. The van der Waals surface area contributed by atoms with Gasteiger partial charge in [-0.3, -0.25) is 4.79 Å². The van der Waals surface area contributed by atoms with Crippen molar-refractivity contribution in [3.05, 3.63) is 67.1 Å². The van der Waals surface area contributed by atoms with Gasteiger partial charge in [-0.15, -0.1) is 0 Å². The van der Waals surface area contributed by atoms with E-state index in [9.17, 15) is 9.59 Å². The zero-order chi connectivity index (χ0) is 17.0. The van der Waals surface area contributed by atoms with E-state index in [2.05, 4.69) is 12.2 Å². The molecule has 25 heavy (non-hydrogen) atoms. The van der Waals surface area contributed by atoms with Gasteiger partial charge in [0.2, 0.25) is 0 Å². The summed E-state index contributed by atoms with van der Waals surface area (Å²) in [5.74, 6) is -0.384. The normalized spacial score (nSPS) is 15.7. The van der Waals surface area contributed by atoms with Crippen LogP contribution in [0.2, 0.25) is 0 Å². The van der Waals surface area contributed by atoms with Crippen LogP contribution in [0.4, 0.5) is 0 Å². The number of nitrogens with one attached hydrogen (secondary N) is 1. The van der Waals surface area contributed by atoms with Gasteiger partial charge in [0.1, 0.15) is 0 Å². The number of hydrogen-bond acceptors (Lipinski definition) is 2. The molecular weight excluding hydrogens is 482 g/mol. The Balaban J connectivity index is 0.00000225. The molecule has 1 N–H and O–H groups in total. The van der Waals surface area contributed by atoms with E-state index in [4.69, 9.17) is 0 Å². The van der Waals surface area contributed by atoms with Crippen molar-refractivity contribution in [1.82, 2.24) is 5.32 Å². The summed E-state index contributed by atoms with van der Waals surface area (Å²) < 4.78 is 0. The van der Waals surface area contributed by atoms with Crippen LogP contribution in [-0.4, -0.2) is 17.2 Å². The van der Waals surface area contributed by atoms with Crippen molar-refractivity contribution in [1.29, 1.82) is 0 Å². The second-order valence-corrected chi connectivity index (χ2v) is 6.46. The maximum absolute atomic E-state index is 12.6. The van der Waals surface area contributed by atoms with Gasteiger partial charge in [-0.05, 0) is 36.1 Å². The molecule has 1 amide bonds. The first-order valence-corrected chi connectivity index (χ1v) is 8.45. The van der Waals surface area contributed by atoms with E-state index in [-0.39, 0.29) is 32.8 Å². The molecule has 0 unspecified atom stereocenters. The second-order valence-electron chi connectivity index (χ2n) is 6.46. The van der Waals surface area contributed by atoms with Crippen molar-refractivity contribution in [3.63, 3.8) is 0 Å². The van der Waals surface area contributed by atoms with Crippen LogP contribution in [0.3, 0.4) is 0 Å². The van der Waals surface area contributed by atoms with Crippen LogP contribution in [0.25, 0.3) is 11.1 Å². The van der Waals surface area contributed by atoms with Crippen molar-refractivity contribution in [2.45, 2.75) is 37.6 Å². The SMILES string of the molecule is [CH2-]C(=O)C1(NC(=O)c2ccc(-c3ccccc3)cc2)CCCCC1.[W]. The summed E-state index contributed by atoms with van der Waals surface area (Å²) >= 11 is 0. The summed E-state index contributed by atoms with van der Waals surface area (Å²) in [6.07, 6.45) is 4.38. The van der Waals surface area contributed by atoms with Crippen molar-refractivity contribution in [2.24, 2.45) is 0 Å². The summed E-state index contributed by atoms with van der Waals surface area (Å²) in [5, 5.41) is 2.96. The third kappa shape index (κ3) is 4.41. The molecule has 0 aromatic heterocycles. The Kier molecular flexibility index (Phi) is 6.61. The molecule has 4 heteroatoms. The third-order valence-electron chi connectivity index (χ3n) is 4.85. The van der Waals surface area contributed by atoms with Crippen molar-refractivity contribution in [3.8, 4) is 11.1 Å². The largest absolute Gasteiger partial charge is 0.342 e. The number of hydrogen-bond donors (Lipinski definition) is 1. The van der Waals surface area contributed by atoms with E-state index in [0.717, 1.165) is 30.4 Å². The zero-order valence-electron chi connectivity index (χ0n) is 14.2. The first kappa shape index (κ1) is 19.5. The zero-order valence-corrected chi connectivity index (χ0v) is 17.1. The Bertz CT molecular complexity index is 719. The van der Waals surface area contributed by atoms with Crippen LogP contribution in [0, 0.1) is 6.92 Å². The van der Waals surface area contributed by atoms with Gasteiger partial charge in [-0.2, -0.15) is 0 Å². The minimum absolute atomic E-state index is 0. The molecule has 2 aromatic carbocycles. The van der Waals surface area contributed by atoms with Gasteiger partial charge >= 0.3 is 0 Å². The molecule has 0 saturated heterocycles. The van der Waals surface area contributed by atoms with Gasteiger partial charge in [-0.25, -0.2) is 0 Å². The average molecular weight is 504 g/mol. The van der Waals surface area contributed by atoms with Crippen LogP contribution < -0.4 is 5.32 Å². The molecule has 0 spiro atoms. The summed E-state index contributed by atoms with van der Waals surface area (Å²) in [6.45, 7) is 3.58. The molecule has 130 valence electrons. The maximum atomic E-state index is 12.6. The fourth-order valence-corrected chi connectivity index (χ4v) is 3.36. The molecule has 1 aliphatic rings. The Labute approximate surface area is 163 Å². The molecule has 0 bridgehead atoms. The van der Waals surface area contributed by atoms with Gasteiger partial charge in [0.05, 0.1) is 5.54 Å². The monoisotopic (exact) mass is 504 g/mol. The molecule has 1 fully saturated rings. The number of carbonyl (C=O) groups is 2. The average Bonchev–Trinajstić information content (AvgIpc) is 2.63. The van der Waals surface area contributed by atoms with Crippen molar-refractivity contribution < 1.29 is 30.7 Å². The third-order valence-corrected chi connectivity index (χ3v) is 4.85. The predicted octanol–water partition coefficient (Wildman–Crippen LogP) is 4.19. The van der Waals surface area contributed by atoms with Crippen molar-refractivity contribution in [2.75, 3.05) is 0 Å². The fourth-order valence-electron chi connectivity index (χ4n) is 3.36.